The van der Waals surface area contributed by atoms with E-state index >= 15 is 0 Å². The highest BCUT2D eigenvalue weighted by atomic mass is 19.2. The van der Waals surface area contributed by atoms with Crippen LogP contribution in [0.3, 0.4) is 0 Å². The van der Waals surface area contributed by atoms with Crippen LogP contribution >= 0.6 is 0 Å². The van der Waals surface area contributed by atoms with Crippen LogP contribution in [0.1, 0.15) is 22.8 Å². The predicted octanol–water partition coefficient (Wildman–Crippen LogP) is 3.16. The second kappa shape index (κ2) is 6.39. The van der Waals surface area contributed by atoms with Crippen LogP contribution in [0.4, 0.5) is 13.2 Å². The largest absolute Gasteiger partial charge is 0.334 e. The third-order valence-corrected chi connectivity index (χ3v) is 3.02. The molecule has 1 aromatic carbocycles. The van der Waals surface area contributed by atoms with Crippen LogP contribution in [0.25, 0.3) is 0 Å². The fraction of sp³-hybridized carbons (Fsp3) is 0.200. The summed E-state index contributed by atoms with van der Waals surface area (Å²) in [6.45, 7) is 2.07. The molecule has 0 N–H and O–H groups in total. The Bertz CT molecular complexity index is 661. The van der Waals surface area contributed by atoms with Gasteiger partial charge in [-0.05, 0) is 36.8 Å². The number of pyridine rings is 1. The molecule has 1 amide bonds. The van der Waals surface area contributed by atoms with E-state index in [2.05, 4.69) is 4.98 Å². The van der Waals surface area contributed by atoms with Gasteiger partial charge in [0.2, 0.25) is 5.95 Å². The molecular formula is C15H13F3N2O. The average Bonchev–Trinajstić information content (AvgIpc) is 2.48. The first-order chi connectivity index (χ1) is 10.0. The van der Waals surface area contributed by atoms with Crippen LogP contribution in [0, 0.1) is 17.6 Å². The van der Waals surface area contributed by atoms with E-state index in [0.717, 1.165) is 12.1 Å². The average molecular weight is 294 g/mol. The minimum atomic E-state index is -0.983. The van der Waals surface area contributed by atoms with E-state index in [1.807, 2.05) is 0 Å². The van der Waals surface area contributed by atoms with Crippen molar-refractivity contribution >= 4 is 5.91 Å². The second-order valence-corrected chi connectivity index (χ2v) is 4.41. The Morgan fingerprint density at radius 3 is 2.57 bits per heavy atom. The topological polar surface area (TPSA) is 33.2 Å². The molecule has 21 heavy (non-hydrogen) atoms. The number of carbonyl (C=O) groups is 1. The third-order valence-electron chi connectivity index (χ3n) is 3.02. The SMILES string of the molecule is CCN(Cc1ccc(F)c(F)c1)C(=O)c1cccnc1F. The van der Waals surface area contributed by atoms with Gasteiger partial charge in [-0.25, -0.2) is 13.8 Å². The molecule has 0 saturated heterocycles. The van der Waals surface area contributed by atoms with Crippen LogP contribution in [-0.2, 0) is 6.54 Å². The van der Waals surface area contributed by atoms with Gasteiger partial charge in [0.25, 0.3) is 5.91 Å². The molecule has 2 rings (SSSR count). The van der Waals surface area contributed by atoms with Crippen molar-refractivity contribution in [2.24, 2.45) is 0 Å². The van der Waals surface area contributed by atoms with Crippen molar-refractivity contribution in [1.29, 1.82) is 0 Å². The lowest BCUT2D eigenvalue weighted by molar-refractivity contribution is 0.0746. The second-order valence-electron chi connectivity index (χ2n) is 4.41. The normalized spacial score (nSPS) is 10.5. The third kappa shape index (κ3) is 3.39. The molecule has 2 aromatic rings. The molecule has 0 spiro atoms. The van der Waals surface area contributed by atoms with Crippen LogP contribution in [0.15, 0.2) is 36.5 Å². The lowest BCUT2D eigenvalue weighted by atomic mass is 10.1. The maximum atomic E-state index is 13.5. The van der Waals surface area contributed by atoms with Crippen LogP contribution in [0.2, 0.25) is 0 Å². The zero-order valence-electron chi connectivity index (χ0n) is 11.3. The minimum Gasteiger partial charge on any atom is -0.334 e. The number of aromatic nitrogens is 1. The van der Waals surface area contributed by atoms with Crippen LogP contribution < -0.4 is 0 Å². The molecule has 0 aliphatic rings. The molecule has 1 aromatic heterocycles. The Balaban J connectivity index is 2.21. The van der Waals surface area contributed by atoms with Crippen molar-refractivity contribution in [1.82, 2.24) is 9.88 Å². The molecule has 0 radical (unpaired) electrons. The summed E-state index contributed by atoms with van der Waals surface area (Å²) >= 11 is 0. The van der Waals surface area contributed by atoms with E-state index < -0.39 is 23.5 Å². The number of amides is 1. The van der Waals surface area contributed by atoms with Gasteiger partial charge in [-0.3, -0.25) is 4.79 Å². The molecule has 1 heterocycles. The number of benzene rings is 1. The highest BCUT2D eigenvalue weighted by Crippen LogP contribution is 2.14. The monoisotopic (exact) mass is 294 g/mol. The molecule has 0 saturated carbocycles. The summed E-state index contributed by atoms with van der Waals surface area (Å²) in [6.07, 6.45) is 1.25. The van der Waals surface area contributed by atoms with Gasteiger partial charge >= 0.3 is 0 Å². The van der Waals surface area contributed by atoms with Gasteiger partial charge in [0, 0.05) is 19.3 Å². The van der Waals surface area contributed by atoms with Crippen LogP contribution in [0.5, 0.6) is 0 Å². The first-order valence-electron chi connectivity index (χ1n) is 6.36. The molecule has 0 fully saturated rings. The molecule has 0 aliphatic heterocycles. The van der Waals surface area contributed by atoms with Gasteiger partial charge in [-0.2, -0.15) is 4.39 Å². The number of hydrogen-bond donors (Lipinski definition) is 0. The van der Waals surface area contributed by atoms with E-state index in [1.165, 1.54) is 29.3 Å². The summed E-state index contributed by atoms with van der Waals surface area (Å²) in [5.41, 5.74) is 0.273. The van der Waals surface area contributed by atoms with Crippen molar-refractivity contribution in [3.05, 3.63) is 65.2 Å². The van der Waals surface area contributed by atoms with E-state index in [9.17, 15) is 18.0 Å². The van der Waals surface area contributed by atoms with E-state index in [4.69, 9.17) is 0 Å². The molecule has 3 nitrogen and oxygen atoms in total. The van der Waals surface area contributed by atoms with Gasteiger partial charge in [-0.15, -0.1) is 0 Å². The fourth-order valence-corrected chi connectivity index (χ4v) is 1.90. The van der Waals surface area contributed by atoms with E-state index in [0.29, 0.717) is 12.1 Å². The predicted molar refractivity (Wildman–Crippen MR) is 71.0 cm³/mol. The van der Waals surface area contributed by atoms with Crippen molar-refractivity contribution in [3.63, 3.8) is 0 Å². The van der Waals surface area contributed by atoms with E-state index in [-0.39, 0.29) is 12.1 Å². The standard InChI is InChI=1S/C15H13F3N2O/c1-2-20(9-10-5-6-12(16)13(17)8-10)15(21)11-4-3-7-19-14(11)18/h3-8H,2,9H2,1H3. The quantitative estimate of drug-likeness (QED) is 0.812. The van der Waals surface area contributed by atoms with Gasteiger partial charge in [0.1, 0.15) is 0 Å². The van der Waals surface area contributed by atoms with Crippen molar-refractivity contribution < 1.29 is 18.0 Å². The highest BCUT2D eigenvalue weighted by molar-refractivity contribution is 5.94. The molecule has 0 aliphatic carbocycles. The summed E-state index contributed by atoms with van der Waals surface area (Å²) in [7, 11) is 0. The van der Waals surface area contributed by atoms with E-state index in [1.54, 1.807) is 6.92 Å². The Labute approximate surface area is 120 Å². The molecule has 0 bridgehead atoms. The highest BCUT2D eigenvalue weighted by Gasteiger charge is 2.19. The summed E-state index contributed by atoms with van der Waals surface area (Å²) < 4.78 is 39.6. The zero-order valence-corrected chi connectivity index (χ0v) is 11.3. The zero-order chi connectivity index (χ0) is 15.4. The number of nitrogens with zero attached hydrogens (tertiary/aromatic N) is 2. The smallest absolute Gasteiger partial charge is 0.258 e. The van der Waals surface area contributed by atoms with Crippen molar-refractivity contribution in [2.75, 3.05) is 6.54 Å². The summed E-state index contributed by atoms with van der Waals surface area (Å²) in [5.74, 6) is -3.34. The Morgan fingerprint density at radius 2 is 1.95 bits per heavy atom. The summed E-state index contributed by atoms with van der Waals surface area (Å²) in [6, 6.07) is 6.19. The first-order valence-corrected chi connectivity index (χ1v) is 6.36. The summed E-state index contributed by atoms with van der Waals surface area (Å²) in [5, 5.41) is 0. The molecule has 0 atom stereocenters. The Morgan fingerprint density at radius 1 is 1.19 bits per heavy atom. The lowest BCUT2D eigenvalue weighted by Gasteiger charge is -2.21. The fourth-order valence-electron chi connectivity index (χ4n) is 1.90. The number of halogens is 3. The molecule has 0 unspecified atom stereocenters. The summed E-state index contributed by atoms with van der Waals surface area (Å²) in [4.78, 5) is 17.0. The van der Waals surface area contributed by atoms with Gasteiger partial charge in [-0.1, -0.05) is 6.07 Å². The van der Waals surface area contributed by atoms with Crippen molar-refractivity contribution in [3.8, 4) is 0 Å². The number of hydrogen-bond acceptors (Lipinski definition) is 2. The maximum Gasteiger partial charge on any atom is 0.258 e. The maximum absolute atomic E-state index is 13.5. The Kier molecular flexibility index (Phi) is 4.57. The first kappa shape index (κ1) is 15.0. The number of carbonyl (C=O) groups excluding carboxylic acids is 1. The lowest BCUT2D eigenvalue weighted by Crippen LogP contribution is -2.31. The molecular weight excluding hydrogens is 281 g/mol. The minimum absolute atomic E-state index is 0.0564. The van der Waals surface area contributed by atoms with Crippen molar-refractivity contribution in [2.45, 2.75) is 13.5 Å². The van der Waals surface area contributed by atoms with Gasteiger partial charge in [0.15, 0.2) is 11.6 Å². The van der Waals surface area contributed by atoms with Gasteiger partial charge < -0.3 is 4.90 Å². The van der Waals surface area contributed by atoms with Crippen LogP contribution in [-0.4, -0.2) is 22.3 Å². The Hall–Kier alpha value is -2.37. The van der Waals surface area contributed by atoms with Gasteiger partial charge in [0.05, 0.1) is 5.56 Å². The molecule has 110 valence electrons. The number of rotatable bonds is 4. The molecule has 6 heteroatoms.